The van der Waals surface area contributed by atoms with Gasteiger partial charge < -0.3 is 14.2 Å². The zero-order chi connectivity index (χ0) is 33.4. The Bertz CT molecular complexity index is 1660. The number of sulfonamides is 1. The Balaban J connectivity index is 1.51. The Labute approximate surface area is 269 Å². The number of anilines is 1. The molecule has 0 amide bonds. The van der Waals surface area contributed by atoms with Gasteiger partial charge >= 0.3 is 5.97 Å². The number of rotatable bonds is 10. The molecule has 3 aromatic carbocycles. The first-order valence-electron chi connectivity index (χ1n) is 15.9. The van der Waals surface area contributed by atoms with Crippen molar-refractivity contribution in [2.24, 2.45) is 0 Å². The Morgan fingerprint density at radius 1 is 0.911 bits per heavy atom. The summed E-state index contributed by atoms with van der Waals surface area (Å²) in [6, 6.07) is 11.1. The lowest BCUT2D eigenvalue weighted by molar-refractivity contribution is -0.132. The van der Waals surface area contributed by atoms with E-state index in [1.54, 1.807) is 24.3 Å². The van der Waals surface area contributed by atoms with E-state index in [0.717, 1.165) is 57.5 Å². The Morgan fingerprint density at radius 2 is 1.49 bits per heavy atom. The van der Waals surface area contributed by atoms with E-state index in [-0.39, 0.29) is 17.8 Å². The van der Waals surface area contributed by atoms with Crippen molar-refractivity contribution < 1.29 is 27.4 Å². The third kappa shape index (κ3) is 7.32. The number of hydrogen-bond donors (Lipinski definition) is 1. The van der Waals surface area contributed by atoms with Crippen LogP contribution in [0.15, 0.2) is 41.3 Å². The number of esters is 1. The minimum atomic E-state index is -3.85. The number of ether oxygens (including phenoxy) is 3. The van der Waals surface area contributed by atoms with Crippen LogP contribution in [0.5, 0.6) is 17.2 Å². The van der Waals surface area contributed by atoms with Crippen LogP contribution >= 0.6 is 0 Å². The molecule has 8 heteroatoms. The van der Waals surface area contributed by atoms with Crippen LogP contribution in [0.3, 0.4) is 0 Å². The highest BCUT2D eigenvalue weighted by atomic mass is 32.2. The molecule has 0 spiro atoms. The Kier molecular flexibility index (Phi) is 9.98. The summed E-state index contributed by atoms with van der Waals surface area (Å²) >= 11 is 0. The van der Waals surface area contributed by atoms with Gasteiger partial charge in [0, 0.05) is 18.2 Å². The Morgan fingerprint density at radius 3 is 2.00 bits per heavy atom. The summed E-state index contributed by atoms with van der Waals surface area (Å²) in [5, 5.41) is 0. The summed E-state index contributed by atoms with van der Waals surface area (Å²) in [6.07, 6.45) is 1.50. The summed E-state index contributed by atoms with van der Waals surface area (Å²) in [4.78, 5) is 12.1. The summed E-state index contributed by atoms with van der Waals surface area (Å²) in [5.41, 5.74) is 6.56. The number of benzene rings is 3. The van der Waals surface area contributed by atoms with Gasteiger partial charge in [0.1, 0.15) is 29.5 Å². The van der Waals surface area contributed by atoms with Gasteiger partial charge in [-0.2, -0.15) is 0 Å². The minimum absolute atomic E-state index is 0.0476. The lowest BCUT2D eigenvalue weighted by atomic mass is 9.87. The quantitative estimate of drug-likeness (QED) is 0.177. The maximum absolute atomic E-state index is 13.9. The molecule has 0 aromatic heterocycles. The van der Waals surface area contributed by atoms with Gasteiger partial charge in [-0.3, -0.25) is 9.52 Å². The molecule has 1 aliphatic heterocycles. The molecule has 7 nitrogen and oxygen atoms in total. The number of hydrogen-bond acceptors (Lipinski definition) is 6. The highest BCUT2D eigenvalue weighted by Gasteiger charge is 2.36. The minimum Gasteiger partial charge on any atom is -0.489 e. The molecule has 244 valence electrons. The molecule has 0 radical (unpaired) electrons. The average Bonchev–Trinajstić information content (AvgIpc) is 2.96. The van der Waals surface area contributed by atoms with E-state index >= 15 is 0 Å². The molecule has 1 heterocycles. The smallest absolute Gasteiger partial charge is 0.308 e. The van der Waals surface area contributed by atoms with E-state index in [1.807, 2.05) is 67.5 Å². The van der Waals surface area contributed by atoms with Crippen molar-refractivity contribution in [1.29, 1.82) is 0 Å². The van der Waals surface area contributed by atoms with Gasteiger partial charge in [-0.1, -0.05) is 53.7 Å². The van der Waals surface area contributed by atoms with Crippen molar-refractivity contribution in [2.45, 2.75) is 117 Å². The molecule has 1 unspecified atom stereocenters. The molecule has 1 aliphatic rings. The maximum atomic E-state index is 13.9. The first kappa shape index (κ1) is 34.4. The molecule has 45 heavy (non-hydrogen) atoms. The third-order valence-corrected chi connectivity index (χ3v) is 10.3. The van der Waals surface area contributed by atoms with Crippen LogP contribution in [0, 0.1) is 20.8 Å². The van der Waals surface area contributed by atoms with Crippen LogP contribution in [0.25, 0.3) is 0 Å². The predicted molar refractivity (Wildman–Crippen MR) is 181 cm³/mol. The average molecular weight is 636 g/mol. The highest BCUT2D eigenvalue weighted by Crippen LogP contribution is 2.44. The molecule has 0 saturated carbocycles. The van der Waals surface area contributed by atoms with Gasteiger partial charge in [0.2, 0.25) is 0 Å². The first-order chi connectivity index (χ1) is 20.9. The molecular formula is C37H49NO6S. The molecule has 0 fully saturated rings. The molecular weight excluding hydrogens is 586 g/mol. The van der Waals surface area contributed by atoms with E-state index in [4.69, 9.17) is 14.2 Å². The van der Waals surface area contributed by atoms with Crippen LogP contribution in [-0.4, -0.2) is 26.6 Å². The second kappa shape index (κ2) is 13.1. The van der Waals surface area contributed by atoms with Crippen molar-refractivity contribution in [3.8, 4) is 17.2 Å². The topological polar surface area (TPSA) is 90.9 Å². The standard InChI is InChI=1S/C37H49NO6S/c1-21(2)28-18-32(22(3)4)36(33(19-28)23(5)6)45(40,41)38-29-12-14-30(15-13-29)42-20-37(11)17-16-31-26(9)34(43-27(10)39)24(7)25(8)35(31)44-37/h12-15,18-19,21-23,38H,16-17,20H2,1-11H3. The van der Waals surface area contributed by atoms with Crippen molar-refractivity contribution in [2.75, 3.05) is 11.3 Å². The van der Waals surface area contributed by atoms with Crippen LogP contribution in [0.4, 0.5) is 5.69 Å². The fourth-order valence-corrected chi connectivity index (χ4v) is 7.70. The number of carbonyl (C=O) groups is 1. The van der Waals surface area contributed by atoms with Crippen molar-refractivity contribution in [3.63, 3.8) is 0 Å². The van der Waals surface area contributed by atoms with E-state index in [9.17, 15) is 13.2 Å². The van der Waals surface area contributed by atoms with Crippen LogP contribution < -0.4 is 18.9 Å². The molecule has 4 rings (SSSR count). The summed E-state index contributed by atoms with van der Waals surface area (Å²) < 4.78 is 48.8. The van der Waals surface area contributed by atoms with Crippen LogP contribution in [0.2, 0.25) is 0 Å². The summed E-state index contributed by atoms with van der Waals surface area (Å²) in [7, 11) is -3.85. The number of carbonyl (C=O) groups excluding carboxylic acids is 1. The van der Waals surface area contributed by atoms with Gasteiger partial charge in [0.25, 0.3) is 10.0 Å². The SMILES string of the molecule is CC(=O)Oc1c(C)c(C)c2c(c1C)CCC(C)(COc1ccc(NS(=O)(=O)c3c(C(C)C)cc(C(C)C)cc3C(C)C)cc1)O2. The molecule has 1 N–H and O–H groups in total. The van der Waals surface area contributed by atoms with E-state index in [0.29, 0.717) is 34.6 Å². The summed E-state index contributed by atoms with van der Waals surface area (Å²) in [5.74, 6) is 2.12. The Hall–Kier alpha value is -3.52. The van der Waals surface area contributed by atoms with Gasteiger partial charge in [0.05, 0.1) is 4.90 Å². The van der Waals surface area contributed by atoms with Gasteiger partial charge in [-0.25, -0.2) is 8.42 Å². The number of fused-ring (bicyclic) bond motifs is 1. The van der Waals surface area contributed by atoms with Crippen molar-refractivity contribution >= 4 is 21.7 Å². The van der Waals surface area contributed by atoms with E-state index in [1.165, 1.54) is 6.92 Å². The molecule has 0 aliphatic carbocycles. The lowest BCUT2D eigenvalue weighted by Crippen LogP contribution is -2.42. The van der Waals surface area contributed by atoms with Crippen molar-refractivity contribution in [1.82, 2.24) is 0 Å². The second-order valence-electron chi connectivity index (χ2n) is 13.6. The maximum Gasteiger partial charge on any atom is 0.308 e. The lowest BCUT2D eigenvalue weighted by Gasteiger charge is -2.37. The van der Waals surface area contributed by atoms with Crippen molar-refractivity contribution in [3.05, 3.63) is 75.3 Å². The van der Waals surface area contributed by atoms with E-state index in [2.05, 4.69) is 18.6 Å². The van der Waals surface area contributed by atoms with Gasteiger partial charge in [-0.15, -0.1) is 0 Å². The number of nitrogens with one attached hydrogen (secondary N) is 1. The second-order valence-corrected chi connectivity index (χ2v) is 15.2. The zero-order valence-corrected chi connectivity index (χ0v) is 29.5. The normalized spacial score (nSPS) is 16.5. The van der Waals surface area contributed by atoms with E-state index < -0.39 is 15.6 Å². The zero-order valence-electron chi connectivity index (χ0n) is 28.7. The predicted octanol–water partition coefficient (Wildman–Crippen LogP) is 8.87. The molecule has 1 atom stereocenters. The largest absolute Gasteiger partial charge is 0.489 e. The molecule has 0 saturated heterocycles. The fraction of sp³-hybridized carbons (Fsp3) is 0.486. The van der Waals surface area contributed by atoms with Crippen LogP contribution in [0.1, 0.15) is 119 Å². The van der Waals surface area contributed by atoms with Gasteiger partial charge in [0.15, 0.2) is 0 Å². The van der Waals surface area contributed by atoms with Gasteiger partial charge in [-0.05, 0) is 116 Å². The highest BCUT2D eigenvalue weighted by molar-refractivity contribution is 7.92. The summed E-state index contributed by atoms with van der Waals surface area (Å²) in [6.45, 7) is 22.1. The first-order valence-corrected chi connectivity index (χ1v) is 17.4. The monoisotopic (exact) mass is 635 g/mol. The third-order valence-electron chi connectivity index (χ3n) is 8.81. The fourth-order valence-electron chi connectivity index (χ4n) is 5.94. The van der Waals surface area contributed by atoms with Crippen LogP contribution in [-0.2, 0) is 21.2 Å². The molecule has 0 bridgehead atoms. The molecule has 3 aromatic rings.